The zero-order chi connectivity index (χ0) is 19.7. The van der Waals surface area contributed by atoms with Gasteiger partial charge in [-0.05, 0) is 55.7 Å². The molecule has 0 atom stereocenters. The number of aryl methyl sites for hydroxylation is 2. The predicted octanol–water partition coefficient (Wildman–Crippen LogP) is 5.42. The predicted molar refractivity (Wildman–Crippen MR) is 109 cm³/mol. The van der Waals surface area contributed by atoms with Crippen molar-refractivity contribution in [2.45, 2.75) is 26.4 Å². The molecule has 4 nitrogen and oxygen atoms in total. The summed E-state index contributed by atoms with van der Waals surface area (Å²) < 4.78 is 20.3. The van der Waals surface area contributed by atoms with E-state index in [1.54, 1.807) is 41.7 Å². The quantitative estimate of drug-likeness (QED) is 0.570. The smallest absolute Gasteiger partial charge is 0.258 e. The average Bonchev–Trinajstić information content (AvgIpc) is 3.10. The van der Waals surface area contributed by atoms with Gasteiger partial charge in [0.25, 0.3) is 5.91 Å². The van der Waals surface area contributed by atoms with Crippen molar-refractivity contribution in [3.8, 4) is 5.75 Å². The van der Waals surface area contributed by atoms with E-state index in [4.69, 9.17) is 16.3 Å². The van der Waals surface area contributed by atoms with Crippen LogP contribution in [0.2, 0.25) is 5.02 Å². The van der Waals surface area contributed by atoms with Crippen molar-refractivity contribution >= 4 is 34.5 Å². The van der Waals surface area contributed by atoms with Gasteiger partial charge in [0.2, 0.25) is 0 Å². The minimum absolute atomic E-state index is 0.253. The number of ether oxygens (including phenoxy) is 1. The van der Waals surface area contributed by atoms with E-state index in [1.807, 2.05) is 12.3 Å². The third-order valence-electron chi connectivity index (χ3n) is 4.58. The number of aromatic nitrogens is 1. The lowest BCUT2D eigenvalue weighted by Crippen LogP contribution is -2.36. The van der Waals surface area contributed by atoms with E-state index < -0.39 is 5.82 Å². The van der Waals surface area contributed by atoms with Gasteiger partial charge in [-0.25, -0.2) is 9.37 Å². The number of nitrogens with zero attached hydrogens (tertiary/aromatic N) is 2. The first-order valence-electron chi connectivity index (χ1n) is 8.95. The zero-order valence-corrected chi connectivity index (χ0v) is 16.8. The molecule has 3 aromatic rings. The molecule has 0 saturated carbocycles. The van der Waals surface area contributed by atoms with Gasteiger partial charge in [-0.2, -0.15) is 0 Å². The summed E-state index contributed by atoms with van der Waals surface area (Å²) in [5.41, 5.74) is 2.39. The first-order valence-corrected chi connectivity index (χ1v) is 10.2. The van der Waals surface area contributed by atoms with Gasteiger partial charge in [0.1, 0.15) is 18.2 Å². The standard InChI is InChI=1S/C21H18ClFN2O2S/c1-13-24-17(12-28-13)11-27-18-6-2-4-15(9-18)21(26)25-7-3-5-14-8-16(22)10-19(23)20(14)25/h2,4,6,8-10,12H,3,5,7,11H2,1H3. The molecule has 0 unspecified atom stereocenters. The summed E-state index contributed by atoms with van der Waals surface area (Å²) >= 11 is 7.53. The maximum absolute atomic E-state index is 14.5. The van der Waals surface area contributed by atoms with Gasteiger partial charge in [0.15, 0.2) is 0 Å². The Labute approximate surface area is 171 Å². The van der Waals surface area contributed by atoms with Gasteiger partial charge in [-0.15, -0.1) is 11.3 Å². The number of rotatable bonds is 4. The summed E-state index contributed by atoms with van der Waals surface area (Å²) in [6.45, 7) is 2.74. The Morgan fingerprint density at radius 3 is 3.00 bits per heavy atom. The van der Waals surface area contributed by atoms with Crippen LogP contribution < -0.4 is 9.64 Å². The van der Waals surface area contributed by atoms with Crippen molar-refractivity contribution in [1.29, 1.82) is 0 Å². The van der Waals surface area contributed by atoms with E-state index in [-0.39, 0.29) is 5.91 Å². The molecule has 1 aliphatic rings. The molecule has 0 bridgehead atoms. The van der Waals surface area contributed by atoms with E-state index in [0.717, 1.165) is 22.7 Å². The first kappa shape index (κ1) is 18.9. The molecule has 144 valence electrons. The van der Waals surface area contributed by atoms with Crippen LogP contribution in [0.25, 0.3) is 0 Å². The van der Waals surface area contributed by atoms with Crippen LogP contribution in [-0.2, 0) is 13.0 Å². The number of carbonyl (C=O) groups excluding carboxylic acids is 1. The number of amides is 1. The molecular formula is C21H18ClFN2O2S. The molecule has 7 heteroatoms. The monoisotopic (exact) mass is 416 g/mol. The Hall–Kier alpha value is -2.44. The second-order valence-corrected chi connectivity index (χ2v) is 8.13. The number of halogens is 2. The molecule has 0 fully saturated rings. The highest BCUT2D eigenvalue weighted by Crippen LogP contribution is 2.34. The molecule has 0 saturated heterocycles. The molecule has 1 amide bonds. The first-order chi connectivity index (χ1) is 13.5. The Morgan fingerprint density at radius 2 is 2.21 bits per heavy atom. The van der Waals surface area contributed by atoms with Crippen LogP contribution >= 0.6 is 22.9 Å². The van der Waals surface area contributed by atoms with Crippen LogP contribution in [0.5, 0.6) is 5.75 Å². The topological polar surface area (TPSA) is 42.4 Å². The second kappa shape index (κ2) is 7.89. The van der Waals surface area contributed by atoms with Gasteiger partial charge in [-0.3, -0.25) is 4.79 Å². The molecule has 1 aromatic heterocycles. The number of hydrogen-bond donors (Lipinski definition) is 0. The number of fused-ring (bicyclic) bond motifs is 1. The molecule has 2 heterocycles. The van der Waals surface area contributed by atoms with E-state index in [0.29, 0.717) is 41.6 Å². The minimum atomic E-state index is -0.471. The SMILES string of the molecule is Cc1nc(COc2cccc(C(=O)N3CCCc4cc(Cl)cc(F)c43)c2)cs1. The maximum atomic E-state index is 14.5. The number of benzene rings is 2. The van der Waals surface area contributed by atoms with Crippen LogP contribution in [0.3, 0.4) is 0 Å². The summed E-state index contributed by atoms with van der Waals surface area (Å²) in [7, 11) is 0. The Bertz CT molecular complexity index is 1040. The molecule has 4 rings (SSSR count). The fourth-order valence-electron chi connectivity index (χ4n) is 3.36. The maximum Gasteiger partial charge on any atom is 0.258 e. The molecule has 0 N–H and O–H groups in total. The number of carbonyl (C=O) groups is 1. The van der Waals surface area contributed by atoms with E-state index >= 15 is 0 Å². The van der Waals surface area contributed by atoms with Crippen molar-refractivity contribution in [3.05, 3.63) is 74.4 Å². The molecule has 0 radical (unpaired) electrons. The van der Waals surface area contributed by atoms with Gasteiger partial charge in [0.05, 0.1) is 16.4 Å². The van der Waals surface area contributed by atoms with E-state index in [1.165, 1.54) is 11.0 Å². The molecule has 28 heavy (non-hydrogen) atoms. The molecule has 0 aliphatic carbocycles. The summed E-state index contributed by atoms with van der Waals surface area (Å²) in [4.78, 5) is 18.9. The third kappa shape index (κ3) is 3.88. The van der Waals surface area contributed by atoms with Crippen molar-refractivity contribution in [2.24, 2.45) is 0 Å². The molecule has 0 spiro atoms. The Morgan fingerprint density at radius 1 is 1.36 bits per heavy atom. The summed E-state index contributed by atoms with van der Waals surface area (Å²) in [5.74, 6) is -0.149. The highest BCUT2D eigenvalue weighted by Gasteiger charge is 2.27. The van der Waals surface area contributed by atoms with Gasteiger partial charge in [-0.1, -0.05) is 17.7 Å². The Balaban J connectivity index is 1.56. The molecule has 2 aromatic carbocycles. The van der Waals surface area contributed by atoms with E-state index in [9.17, 15) is 9.18 Å². The fraction of sp³-hybridized carbons (Fsp3) is 0.238. The van der Waals surface area contributed by atoms with Gasteiger partial charge >= 0.3 is 0 Å². The third-order valence-corrected chi connectivity index (χ3v) is 5.62. The lowest BCUT2D eigenvalue weighted by molar-refractivity contribution is 0.0983. The second-order valence-electron chi connectivity index (χ2n) is 6.63. The fourth-order valence-corrected chi connectivity index (χ4v) is 4.19. The summed E-state index contributed by atoms with van der Waals surface area (Å²) in [6, 6.07) is 9.93. The van der Waals surface area contributed by atoms with Crippen LogP contribution in [0.15, 0.2) is 41.8 Å². The number of anilines is 1. The van der Waals surface area contributed by atoms with Crippen LogP contribution in [0.1, 0.15) is 33.0 Å². The van der Waals surface area contributed by atoms with Crippen molar-refractivity contribution in [1.82, 2.24) is 4.98 Å². The highest BCUT2D eigenvalue weighted by molar-refractivity contribution is 7.09. The van der Waals surface area contributed by atoms with Crippen molar-refractivity contribution in [2.75, 3.05) is 11.4 Å². The molecular weight excluding hydrogens is 399 g/mol. The normalized spacial score (nSPS) is 13.3. The van der Waals surface area contributed by atoms with E-state index in [2.05, 4.69) is 4.98 Å². The lowest BCUT2D eigenvalue weighted by atomic mass is 10.00. The number of hydrogen-bond acceptors (Lipinski definition) is 4. The number of thiazole rings is 1. The molecule has 1 aliphatic heterocycles. The van der Waals surface area contributed by atoms with Crippen LogP contribution in [-0.4, -0.2) is 17.4 Å². The average molecular weight is 417 g/mol. The summed E-state index contributed by atoms with van der Waals surface area (Å²) in [6.07, 6.45) is 1.46. The Kier molecular flexibility index (Phi) is 5.33. The van der Waals surface area contributed by atoms with Crippen molar-refractivity contribution < 1.29 is 13.9 Å². The van der Waals surface area contributed by atoms with Crippen molar-refractivity contribution in [3.63, 3.8) is 0 Å². The largest absolute Gasteiger partial charge is 0.487 e. The zero-order valence-electron chi connectivity index (χ0n) is 15.2. The minimum Gasteiger partial charge on any atom is -0.487 e. The lowest BCUT2D eigenvalue weighted by Gasteiger charge is -2.30. The van der Waals surface area contributed by atoms with Crippen LogP contribution in [0, 0.1) is 12.7 Å². The van der Waals surface area contributed by atoms with Gasteiger partial charge in [0, 0.05) is 22.5 Å². The summed E-state index contributed by atoms with van der Waals surface area (Å²) in [5, 5.41) is 3.27. The van der Waals surface area contributed by atoms with Crippen LogP contribution in [0.4, 0.5) is 10.1 Å². The highest BCUT2D eigenvalue weighted by atomic mass is 35.5. The van der Waals surface area contributed by atoms with Gasteiger partial charge < -0.3 is 9.64 Å².